The molecule has 6 nitrogen and oxygen atoms in total. The maximum Gasteiger partial charge on any atom is 0.260 e. The molecule has 1 heterocycles. The molecule has 0 saturated carbocycles. The highest BCUT2D eigenvalue weighted by atomic mass is 32.2. The average Bonchev–Trinajstić information content (AvgIpc) is 2.91. The quantitative estimate of drug-likeness (QED) is 0.731. The van der Waals surface area contributed by atoms with Gasteiger partial charge in [0.15, 0.2) is 0 Å². The second-order valence-corrected chi connectivity index (χ2v) is 7.71. The number of hydrogen-bond acceptors (Lipinski definition) is 4. The summed E-state index contributed by atoms with van der Waals surface area (Å²) in [6.07, 6.45) is 0. The van der Waals surface area contributed by atoms with Crippen LogP contribution in [0.3, 0.4) is 0 Å². The van der Waals surface area contributed by atoms with Crippen LogP contribution in [-0.4, -0.2) is 26.8 Å². The lowest BCUT2D eigenvalue weighted by Crippen LogP contribution is -2.48. The number of thioether (sulfide) groups is 1. The Bertz CT molecular complexity index is 743. The van der Waals surface area contributed by atoms with Gasteiger partial charge in [-0.25, -0.2) is 0 Å². The lowest BCUT2D eigenvalue weighted by atomic mass is 10.1. The molecule has 0 aliphatic heterocycles. The second kappa shape index (κ2) is 9.43. The number of nitrogens with one attached hydrogen (secondary N) is 2. The van der Waals surface area contributed by atoms with Crippen molar-refractivity contribution >= 4 is 23.6 Å². The topological polar surface area (TPSA) is 76.0 Å². The van der Waals surface area contributed by atoms with E-state index in [1.165, 1.54) is 5.56 Å². The van der Waals surface area contributed by atoms with Crippen LogP contribution in [0.25, 0.3) is 0 Å². The highest BCUT2D eigenvalue weighted by molar-refractivity contribution is 7.99. The number of nitrogens with zero attached hydrogens (tertiary/aromatic N) is 2. The molecule has 0 aliphatic rings. The van der Waals surface area contributed by atoms with Gasteiger partial charge < -0.3 is 0 Å². The minimum absolute atomic E-state index is 0.0729. The molecule has 2 rings (SSSR count). The van der Waals surface area contributed by atoms with E-state index in [2.05, 4.69) is 16.0 Å². The molecule has 0 fully saturated rings. The number of hydrogen-bond donors (Lipinski definition) is 2. The van der Waals surface area contributed by atoms with Gasteiger partial charge in [-0.2, -0.15) is 5.10 Å². The number of carbonyl (C=O) groups excluding carboxylic acids is 2. The highest BCUT2D eigenvalue weighted by Crippen LogP contribution is 2.23. The number of amides is 2. The minimum atomic E-state index is -0.305. The summed E-state index contributed by atoms with van der Waals surface area (Å²) in [5.74, 6) is 0.399. The van der Waals surface area contributed by atoms with E-state index in [9.17, 15) is 9.59 Å². The van der Waals surface area contributed by atoms with Crippen molar-refractivity contribution in [1.29, 1.82) is 0 Å². The van der Waals surface area contributed by atoms with Crippen LogP contribution >= 0.6 is 11.8 Å². The largest absolute Gasteiger partial charge is 0.272 e. The molecule has 2 amide bonds. The zero-order valence-corrected chi connectivity index (χ0v) is 16.5. The summed E-state index contributed by atoms with van der Waals surface area (Å²) < 4.78 is 1.61. The van der Waals surface area contributed by atoms with Crippen molar-refractivity contribution < 1.29 is 9.59 Å². The first-order chi connectivity index (χ1) is 12.4. The van der Waals surface area contributed by atoms with E-state index in [4.69, 9.17) is 0 Å². The molecular weight excluding hydrogens is 348 g/mol. The molecule has 0 bridgehead atoms. The van der Waals surface area contributed by atoms with Crippen molar-refractivity contribution in [3.63, 3.8) is 0 Å². The predicted octanol–water partition coefficient (Wildman–Crippen LogP) is 2.61. The van der Waals surface area contributed by atoms with Crippen LogP contribution in [0.4, 0.5) is 0 Å². The molecule has 1 aromatic carbocycles. The number of carbonyl (C=O) groups is 2. The fraction of sp³-hybridized carbons (Fsp3) is 0.421. The summed E-state index contributed by atoms with van der Waals surface area (Å²) >= 11 is 1.57. The van der Waals surface area contributed by atoms with Gasteiger partial charge in [-0.1, -0.05) is 44.2 Å². The van der Waals surface area contributed by atoms with Crippen LogP contribution in [0.1, 0.15) is 30.8 Å². The molecular formula is C19H26N4O2S. The van der Waals surface area contributed by atoms with Crippen LogP contribution in [0, 0.1) is 19.8 Å². The SMILES string of the molecule is Cc1cc(C)n(CC(=O)NNC(=O)[C@@H](SCc2ccccc2)C(C)C)n1. The van der Waals surface area contributed by atoms with E-state index in [1.54, 1.807) is 16.4 Å². The normalized spacial score (nSPS) is 12.0. The van der Waals surface area contributed by atoms with Gasteiger partial charge in [0.1, 0.15) is 6.54 Å². The molecule has 1 atom stereocenters. The van der Waals surface area contributed by atoms with Crippen molar-refractivity contribution in [2.75, 3.05) is 0 Å². The Kier molecular flexibility index (Phi) is 7.26. The van der Waals surface area contributed by atoms with Gasteiger partial charge in [-0.05, 0) is 31.4 Å². The molecule has 1 aromatic heterocycles. The van der Waals surface area contributed by atoms with E-state index >= 15 is 0 Å². The molecule has 0 unspecified atom stereocenters. The van der Waals surface area contributed by atoms with Gasteiger partial charge in [-0.3, -0.25) is 25.1 Å². The summed E-state index contributed by atoms with van der Waals surface area (Å²) in [5.41, 5.74) is 7.97. The first-order valence-electron chi connectivity index (χ1n) is 8.62. The molecule has 7 heteroatoms. The summed E-state index contributed by atoms with van der Waals surface area (Å²) in [6.45, 7) is 7.84. The predicted molar refractivity (Wildman–Crippen MR) is 104 cm³/mol. The van der Waals surface area contributed by atoms with E-state index in [1.807, 2.05) is 64.1 Å². The average molecular weight is 375 g/mol. The second-order valence-electron chi connectivity index (χ2n) is 6.58. The number of rotatable bonds is 7. The number of aryl methyl sites for hydroxylation is 2. The molecule has 0 aliphatic carbocycles. The molecule has 2 N–H and O–H groups in total. The zero-order valence-electron chi connectivity index (χ0n) is 15.7. The van der Waals surface area contributed by atoms with Gasteiger partial charge in [0.25, 0.3) is 11.8 Å². The molecule has 0 radical (unpaired) electrons. The first-order valence-corrected chi connectivity index (χ1v) is 9.67. The van der Waals surface area contributed by atoms with Gasteiger partial charge in [0, 0.05) is 11.4 Å². The fourth-order valence-electron chi connectivity index (χ4n) is 2.54. The van der Waals surface area contributed by atoms with Crippen LogP contribution in [-0.2, 0) is 21.9 Å². The number of aromatic nitrogens is 2. The third kappa shape index (κ3) is 5.91. The van der Waals surface area contributed by atoms with E-state index in [0.29, 0.717) is 0 Å². The Morgan fingerprint density at radius 3 is 2.42 bits per heavy atom. The third-order valence-electron chi connectivity index (χ3n) is 3.86. The summed E-state index contributed by atoms with van der Waals surface area (Å²) in [5, 5.41) is 4.00. The molecule has 0 spiro atoms. The lowest BCUT2D eigenvalue weighted by Gasteiger charge is -2.20. The maximum atomic E-state index is 12.5. The smallest absolute Gasteiger partial charge is 0.260 e. The Labute approximate surface area is 158 Å². The maximum absolute atomic E-state index is 12.5. The summed E-state index contributed by atoms with van der Waals surface area (Å²) in [4.78, 5) is 24.5. The van der Waals surface area contributed by atoms with Crippen molar-refractivity contribution in [2.24, 2.45) is 5.92 Å². The van der Waals surface area contributed by atoms with Crippen LogP contribution in [0.5, 0.6) is 0 Å². The van der Waals surface area contributed by atoms with Crippen LogP contribution < -0.4 is 10.9 Å². The van der Waals surface area contributed by atoms with Gasteiger partial charge in [0.05, 0.1) is 10.9 Å². The monoisotopic (exact) mass is 374 g/mol. The lowest BCUT2D eigenvalue weighted by molar-refractivity contribution is -0.129. The van der Waals surface area contributed by atoms with Crippen molar-refractivity contribution in [1.82, 2.24) is 20.6 Å². The molecule has 26 heavy (non-hydrogen) atoms. The van der Waals surface area contributed by atoms with Crippen molar-refractivity contribution in [3.05, 3.63) is 53.3 Å². The Morgan fingerprint density at radius 1 is 1.15 bits per heavy atom. The highest BCUT2D eigenvalue weighted by Gasteiger charge is 2.23. The fourth-order valence-corrected chi connectivity index (χ4v) is 3.70. The van der Waals surface area contributed by atoms with Crippen LogP contribution in [0.2, 0.25) is 0 Å². The van der Waals surface area contributed by atoms with Gasteiger partial charge >= 0.3 is 0 Å². The van der Waals surface area contributed by atoms with E-state index < -0.39 is 0 Å². The minimum Gasteiger partial charge on any atom is -0.272 e. The Balaban J connectivity index is 1.84. The number of benzene rings is 1. The molecule has 0 saturated heterocycles. The molecule has 2 aromatic rings. The standard InChI is InChI=1S/C19H26N4O2S/c1-13(2)18(26-12-16-8-6-5-7-9-16)19(25)21-20-17(24)11-23-15(4)10-14(3)22-23/h5-10,13,18H,11-12H2,1-4H3,(H,20,24)(H,21,25)/t18-/m0/s1. The third-order valence-corrected chi connectivity index (χ3v) is 5.48. The summed E-state index contributed by atoms with van der Waals surface area (Å²) in [7, 11) is 0. The van der Waals surface area contributed by atoms with Crippen molar-refractivity contribution in [3.8, 4) is 0 Å². The van der Waals surface area contributed by atoms with Gasteiger partial charge in [-0.15, -0.1) is 11.8 Å². The van der Waals surface area contributed by atoms with E-state index in [0.717, 1.165) is 17.1 Å². The zero-order chi connectivity index (χ0) is 19.1. The van der Waals surface area contributed by atoms with Crippen molar-refractivity contribution in [2.45, 2.75) is 45.2 Å². The Hall–Kier alpha value is -2.28. The number of hydrazine groups is 1. The first kappa shape index (κ1) is 20.0. The summed E-state index contributed by atoms with van der Waals surface area (Å²) in [6, 6.07) is 11.9. The van der Waals surface area contributed by atoms with Gasteiger partial charge in [0.2, 0.25) is 0 Å². The molecule has 140 valence electrons. The van der Waals surface area contributed by atoms with Crippen LogP contribution in [0.15, 0.2) is 36.4 Å². The Morgan fingerprint density at radius 2 is 1.85 bits per heavy atom. The van der Waals surface area contributed by atoms with E-state index in [-0.39, 0.29) is 29.5 Å².